The van der Waals surface area contributed by atoms with Crippen molar-refractivity contribution in [2.45, 2.75) is 12.3 Å². The Kier molecular flexibility index (Phi) is 4.50. The molecule has 3 nitrogen and oxygen atoms in total. The minimum Gasteiger partial charge on any atom is -0.375 e. The van der Waals surface area contributed by atoms with E-state index in [0.29, 0.717) is 0 Å². The van der Waals surface area contributed by atoms with Gasteiger partial charge in [0.15, 0.2) is 0 Å². The number of benzene rings is 1. The van der Waals surface area contributed by atoms with Crippen LogP contribution in [0.25, 0.3) is 0 Å². The van der Waals surface area contributed by atoms with Gasteiger partial charge in [0.2, 0.25) is 0 Å². The third kappa shape index (κ3) is 3.69. The summed E-state index contributed by atoms with van der Waals surface area (Å²) in [7, 11) is 2.93. The van der Waals surface area contributed by atoms with E-state index >= 15 is 0 Å². The van der Waals surface area contributed by atoms with Crippen molar-refractivity contribution in [3.05, 3.63) is 35.4 Å². The molecule has 0 radical (unpaired) electrons. The molecule has 0 saturated carbocycles. The average molecular weight is 248 g/mol. The van der Waals surface area contributed by atoms with Crippen LogP contribution in [0.15, 0.2) is 24.3 Å². The summed E-state index contributed by atoms with van der Waals surface area (Å²) in [4.78, 5) is 0. The zero-order valence-electron chi connectivity index (χ0n) is 9.66. The highest BCUT2D eigenvalue weighted by Gasteiger charge is 2.35. The van der Waals surface area contributed by atoms with Crippen molar-refractivity contribution in [3.8, 4) is 0 Å². The number of hydrazine groups is 1. The molecule has 1 aromatic carbocycles. The lowest BCUT2D eigenvalue weighted by Crippen LogP contribution is -2.32. The molecule has 0 heterocycles. The molecule has 0 spiro atoms. The molecular formula is C11H15F3N2O. The molecule has 96 valence electrons. The predicted octanol–water partition coefficient (Wildman–Crippen LogP) is 2.20. The number of halogens is 3. The molecule has 17 heavy (non-hydrogen) atoms. The first-order valence-electron chi connectivity index (χ1n) is 5.01. The summed E-state index contributed by atoms with van der Waals surface area (Å²) in [6.07, 6.45) is -5.09. The Morgan fingerprint density at radius 1 is 1.35 bits per heavy atom. The molecular weight excluding hydrogens is 233 g/mol. The zero-order chi connectivity index (χ0) is 13.1. The second-order valence-corrected chi connectivity index (χ2v) is 3.75. The van der Waals surface area contributed by atoms with Gasteiger partial charge in [-0.1, -0.05) is 18.2 Å². The number of ether oxygens (including phenoxy) is 1. The van der Waals surface area contributed by atoms with Gasteiger partial charge in [0, 0.05) is 20.7 Å². The van der Waals surface area contributed by atoms with Gasteiger partial charge in [-0.25, -0.2) is 5.01 Å². The maximum absolute atomic E-state index is 12.8. The number of methoxy groups -OCH3 is 1. The Morgan fingerprint density at radius 3 is 2.41 bits per heavy atom. The van der Waals surface area contributed by atoms with Crippen LogP contribution in [0.3, 0.4) is 0 Å². The van der Waals surface area contributed by atoms with Gasteiger partial charge in [-0.2, -0.15) is 13.2 Å². The van der Waals surface area contributed by atoms with Crippen LogP contribution in [-0.2, 0) is 10.9 Å². The lowest BCUT2D eigenvalue weighted by Gasteiger charge is -2.23. The minimum atomic E-state index is -4.39. The number of rotatable bonds is 4. The van der Waals surface area contributed by atoms with E-state index in [1.165, 1.54) is 24.3 Å². The molecule has 0 fully saturated rings. The van der Waals surface area contributed by atoms with Gasteiger partial charge in [-0.3, -0.25) is 5.84 Å². The first kappa shape index (κ1) is 14.0. The molecule has 0 aliphatic heterocycles. The molecule has 0 amide bonds. The van der Waals surface area contributed by atoms with Crippen LogP contribution in [0, 0.1) is 0 Å². The highest BCUT2D eigenvalue weighted by atomic mass is 19.4. The standard InChI is InChI=1S/C11H15F3N2O/c1-16(15)7-10(17-2)8-5-3-4-6-9(8)11(12,13)14/h3-6,10H,7,15H2,1-2H3. The Balaban J connectivity index is 3.11. The maximum atomic E-state index is 12.8. The van der Waals surface area contributed by atoms with Crippen LogP contribution in [0.5, 0.6) is 0 Å². The van der Waals surface area contributed by atoms with Crippen molar-refractivity contribution in [2.24, 2.45) is 5.84 Å². The Hall–Kier alpha value is -1.11. The molecule has 0 aliphatic carbocycles. The largest absolute Gasteiger partial charge is 0.416 e. The third-order valence-corrected chi connectivity index (χ3v) is 2.35. The fourth-order valence-electron chi connectivity index (χ4n) is 1.60. The third-order valence-electron chi connectivity index (χ3n) is 2.35. The van der Waals surface area contributed by atoms with Crippen LogP contribution in [0.1, 0.15) is 17.2 Å². The van der Waals surface area contributed by atoms with E-state index in [9.17, 15) is 13.2 Å². The van der Waals surface area contributed by atoms with E-state index in [1.807, 2.05) is 0 Å². The van der Waals surface area contributed by atoms with E-state index in [0.717, 1.165) is 6.07 Å². The summed E-state index contributed by atoms with van der Waals surface area (Å²) in [6, 6.07) is 5.34. The quantitative estimate of drug-likeness (QED) is 0.655. The number of hydrogen-bond acceptors (Lipinski definition) is 3. The van der Waals surface area contributed by atoms with Crippen LogP contribution < -0.4 is 5.84 Å². The zero-order valence-corrected chi connectivity index (χ0v) is 9.66. The van der Waals surface area contributed by atoms with Crippen LogP contribution >= 0.6 is 0 Å². The summed E-state index contributed by atoms with van der Waals surface area (Å²) < 4.78 is 43.4. The summed E-state index contributed by atoms with van der Waals surface area (Å²) in [5.74, 6) is 5.44. The lowest BCUT2D eigenvalue weighted by molar-refractivity contribution is -0.139. The molecule has 1 aromatic rings. The molecule has 0 aromatic heterocycles. The van der Waals surface area contributed by atoms with Gasteiger partial charge < -0.3 is 4.74 Å². The van der Waals surface area contributed by atoms with Gasteiger partial charge in [0.1, 0.15) is 0 Å². The normalized spacial score (nSPS) is 14.1. The second kappa shape index (κ2) is 5.48. The van der Waals surface area contributed by atoms with E-state index < -0.39 is 17.8 Å². The summed E-state index contributed by atoms with van der Waals surface area (Å²) in [6.45, 7) is 0.184. The molecule has 0 bridgehead atoms. The van der Waals surface area contributed by atoms with Gasteiger partial charge in [-0.15, -0.1) is 0 Å². The van der Waals surface area contributed by atoms with Crippen molar-refractivity contribution in [1.82, 2.24) is 5.01 Å². The topological polar surface area (TPSA) is 38.5 Å². The van der Waals surface area contributed by atoms with E-state index in [4.69, 9.17) is 10.6 Å². The van der Waals surface area contributed by atoms with Gasteiger partial charge >= 0.3 is 6.18 Å². The van der Waals surface area contributed by atoms with Crippen molar-refractivity contribution in [2.75, 3.05) is 20.7 Å². The van der Waals surface area contributed by atoms with Crippen molar-refractivity contribution in [1.29, 1.82) is 0 Å². The fraction of sp³-hybridized carbons (Fsp3) is 0.455. The number of likely N-dealkylation sites (N-methyl/N-ethyl adjacent to an activating group) is 1. The molecule has 0 aliphatic rings. The van der Waals surface area contributed by atoms with Gasteiger partial charge in [0.05, 0.1) is 11.7 Å². The number of nitrogens with zero attached hydrogens (tertiary/aromatic N) is 1. The molecule has 1 atom stereocenters. The minimum absolute atomic E-state index is 0.0970. The summed E-state index contributed by atoms with van der Waals surface area (Å²) in [5.41, 5.74) is -0.589. The van der Waals surface area contributed by atoms with Crippen molar-refractivity contribution >= 4 is 0 Å². The van der Waals surface area contributed by atoms with Crippen molar-refractivity contribution < 1.29 is 17.9 Å². The highest BCUT2D eigenvalue weighted by molar-refractivity contribution is 5.31. The van der Waals surface area contributed by atoms with E-state index in [1.54, 1.807) is 13.1 Å². The Labute approximate surface area is 97.9 Å². The SMILES string of the molecule is COC(CN(C)N)c1ccccc1C(F)(F)F. The molecule has 2 N–H and O–H groups in total. The second-order valence-electron chi connectivity index (χ2n) is 3.75. The number of nitrogens with two attached hydrogens (primary N) is 1. The van der Waals surface area contributed by atoms with Gasteiger partial charge in [-0.05, 0) is 11.6 Å². The van der Waals surface area contributed by atoms with Crippen LogP contribution in [0.4, 0.5) is 13.2 Å². The number of hydrogen-bond donors (Lipinski definition) is 1. The first-order chi connectivity index (χ1) is 7.86. The monoisotopic (exact) mass is 248 g/mol. The molecule has 6 heteroatoms. The summed E-state index contributed by atoms with van der Waals surface area (Å²) >= 11 is 0. The predicted molar refractivity (Wildman–Crippen MR) is 58.0 cm³/mol. The number of alkyl halides is 3. The molecule has 0 saturated heterocycles. The smallest absolute Gasteiger partial charge is 0.375 e. The first-order valence-corrected chi connectivity index (χ1v) is 5.01. The summed E-state index contributed by atoms with van der Waals surface area (Å²) in [5, 5.41) is 1.29. The highest BCUT2D eigenvalue weighted by Crippen LogP contribution is 2.35. The van der Waals surface area contributed by atoms with Crippen LogP contribution in [-0.4, -0.2) is 25.7 Å². The fourth-order valence-corrected chi connectivity index (χ4v) is 1.60. The Bertz CT molecular complexity index is 366. The molecule has 1 rings (SSSR count). The average Bonchev–Trinajstić information content (AvgIpc) is 2.24. The molecule has 1 unspecified atom stereocenters. The maximum Gasteiger partial charge on any atom is 0.416 e. The van der Waals surface area contributed by atoms with E-state index in [-0.39, 0.29) is 12.1 Å². The van der Waals surface area contributed by atoms with Crippen molar-refractivity contribution in [3.63, 3.8) is 0 Å². The van der Waals surface area contributed by atoms with E-state index in [2.05, 4.69) is 0 Å². The lowest BCUT2D eigenvalue weighted by atomic mass is 10.0. The Morgan fingerprint density at radius 2 is 1.94 bits per heavy atom. The van der Waals surface area contributed by atoms with Crippen LogP contribution in [0.2, 0.25) is 0 Å². The van der Waals surface area contributed by atoms with Gasteiger partial charge in [0.25, 0.3) is 0 Å².